The van der Waals surface area contributed by atoms with Gasteiger partial charge in [-0.2, -0.15) is 0 Å². The van der Waals surface area contributed by atoms with Gasteiger partial charge < -0.3 is 33.8 Å². The van der Waals surface area contributed by atoms with E-state index in [0.717, 1.165) is 114 Å². The van der Waals surface area contributed by atoms with Crippen LogP contribution in [0, 0.1) is 23.7 Å². The van der Waals surface area contributed by atoms with Crippen molar-refractivity contribution in [1.29, 1.82) is 0 Å². The SMILES string of the molecule is CCC(C)CCCCCCCCC(=O)OC[C@H](COP(=O)(O)OC[C@H](O)COP(=O)(O)OC[C@@H](COC(=O)CCCCCCCCCCCCCC(C)C)OC(=O)CCCCCCCCC(C)C)OC(=O)CCCCCCCCC(C)CC. The zero-order chi connectivity index (χ0) is 61.8. The van der Waals surface area contributed by atoms with Gasteiger partial charge in [0.1, 0.15) is 19.3 Å². The first kappa shape index (κ1) is 81.1. The Kier molecular flexibility index (Phi) is 53.0. The van der Waals surface area contributed by atoms with Crippen molar-refractivity contribution in [1.82, 2.24) is 0 Å². The molecule has 0 rings (SSSR count). The maximum absolute atomic E-state index is 13.0. The third-order valence-electron chi connectivity index (χ3n) is 15.3. The summed E-state index contributed by atoms with van der Waals surface area (Å²) in [5, 5.41) is 10.5. The molecule has 0 aromatic rings. The van der Waals surface area contributed by atoms with Crippen molar-refractivity contribution < 1.29 is 80.2 Å². The predicted octanol–water partition coefficient (Wildman–Crippen LogP) is 17.4. The van der Waals surface area contributed by atoms with Crippen molar-refractivity contribution >= 4 is 39.5 Å². The molecule has 0 aliphatic carbocycles. The van der Waals surface area contributed by atoms with Crippen LogP contribution >= 0.6 is 15.6 Å². The molecule has 0 spiro atoms. The molecule has 4 unspecified atom stereocenters. The largest absolute Gasteiger partial charge is 0.472 e. The Morgan fingerprint density at radius 1 is 0.337 bits per heavy atom. The summed E-state index contributed by atoms with van der Waals surface area (Å²) in [4.78, 5) is 72.2. The average molecular weight is 1230 g/mol. The Labute approximate surface area is 505 Å². The fourth-order valence-corrected chi connectivity index (χ4v) is 10.9. The molecule has 7 atom stereocenters. The highest BCUT2D eigenvalue weighted by molar-refractivity contribution is 7.47. The van der Waals surface area contributed by atoms with E-state index in [1.165, 1.54) is 103 Å². The van der Waals surface area contributed by atoms with Gasteiger partial charge >= 0.3 is 39.5 Å². The molecule has 0 bridgehead atoms. The van der Waals surface area contributed by atoms with Crippen LogP contribution in [0.2, 0.25) is 0 Å². The first-order valence-electron chi connectivity index (χ1n) is 33.3. The quantitative estimate of drug-likeness (QED) is 0.0222. The number of aliphatic hydroxyl groups excluding tert-OH is 1. The van der Waals surface area contributed by atoms with E-state index in [-0.39, 0.29) is 25.7 Å². The molecule has 0 heterocycles. The molecule has 0 aliphatic rings. The van der Waals surface area contributed by atoms with Gasteiger partial charge in [-0.1, -0.05) is 254 Å². The predicted molar refractivity (Wildman–Crippen MR) is 331 cm³/mol. The molecule has 0 aromatic carbocycles. The molecular weight excluding hydrogens is 1100 g/mol. The minimum absolute atomic E-state index is 0.101. The number of unbranched alkanes of at least 4 members (excludes halogenated alkanes) is 25. The Morgan fingerprint density at radius 2 is 0.578 bits per heavy atom. The van der Waals surface area contributed by atoms with Crippen LogP contribution in [0.1, 0.15) is 306 Å². The number of phosphoric ester groups is 2. The van der Waals surface area contributed by atoms with E-state index < -0.39 is 97.5 Å². The highest BCUT2D eigenvalue weighted by atomic mass is 31.2. The molecule has 0 radical (unpaired) electrons. The minimum Gasteiger partial charge on any atom is -0.462 e. The van der Waals surface area contributed by atoms with E-state index in [0.29, 0.717) is 31.6 Å². The lowest BCUT2D eigenvalue weighted by molar-refractivity contribution is -0.161. The normalized spacial score (nSPS) is 15.1. The van der Waals surface area contributed by atoms with Crippen molar-refractivity contribution in [3.05, 3.63) is 0 Å². The number of hydrogen-bond donors (Lipinski definition) is 3. The van der Waals surface area contributed by atoms with Crippen LogP contribution in [0.15, 0.2) is 0 Å². The number of esters is 4. The monoisotopic (exact) mass is 1230 g/mol. The molecule has 0 aromatic heterocycles. The Hall–Kier alpha value is -1.94. The van der Waals surface area contributed by atoms with Crippen molar-refractivity contribution in [2.45, 2.75) is 324 Å². The van der Waals surface area contributed by atoms with Gasteiger partial charge in [0.15, 0.2) is 12.2 Å². The Morgan fingerprint density at radius 3 is 0.855 bits per heavy atom. The smallest absolute Gasteiger partial charge is 0.462 e. The fourth-order valence-electron chi connectivity index (χ4n) is 9.36. The average Bonchev–Trinajstić information content (AvgIpc) is 3.46. The summed E-state index contributed by atoms with van der Waals surface area (Å²) in [6.07, 6.45) is 33.7. The molecule has 0 aliphatic heterocycles. The Bertz CT molecular complexity index is 1670. The molecule has 0 saturated carbocycles. The van der Waals surface area contributed by atoms with Gasteiger partial charge in [0.25, 0.3) is 0 Å². The standard InChI is InChI=1S/C64H124O17P2/c1-9-56(7)42-34-26-19-22-29-37-45-62(67)75-51-60(81-64(69)47-39-31-23-20-27-35-43-57(8)10-2)53-79-83(72,73)77-49-58(65)48-76-82(70,71)78-52-59(80-63(68)46-38-30-21-18-25-33-41-55(5)6)50-74-61(66)44-36-28-17-15-13-11-12-14-16-24-32-40-54(3)4/h54-60,65H,9-53H2,1-8H3,(H,70,71)(H,72,73)/t56?,57?,58-,59-,60-/m1/s1. The molecule has 0 saturated heterocycles. The summed E-state index contributed by atoms with van der Waals surface area (Å²) in [7, 11) is -9.89. The van der Waals surface area contributed by atoms with Crippen LogP contribution in [-0.2, 0) is 65.4 Å². The topological polar surface area (TPSA) is 237 Å². The van der Waals surface area contributed by atoms with E-state index in [2.05, 4.69) is 55.4 Å². The second-order valence-corrected chi connectivity index (χ2v) is 27.5. The van der Waals surface area contributed by atoms with E-state index in [9.17, 15) is 43.2 Å². The molecule has 0 fully saturated rings. The lowest BCUT2D eigenvalue weighted by Crippen LogP contribution is -2.30. The van der Waals surface area contributed by atoms with Crippen LogP contribution in [0.4, 0.5) is 0 Å². The van der Waals surface area contributed by atoms with Crippen LogP contribution in [0.5, 0.6) is 0 Å². The highest BCUT2D eigenvalue weighted by Crippen LogP contribution is 2.45. The van der Waals surface area contributed by atoms with Crippen LogP contribution in [0.3, 0.4) is 0 Å². The van der Waals surface area contributed by atoms with Gasteiger partial charge in [0.05, 0.1) is 26.4 Å². The first-order valence-corrected chi connectivity index (χ1v) is 36.3. The number of phosphoric acid groups is 2. The van der Waals surface area contributed by atoms with E-state index >= 15 is 0 Å². The zero-order valence-electron chi connectivity index (χ0n) is 53.8. The van der Waals surface area contributed by atoms with Gasteiger partial charge in [-0.3, -0.25) is 37.3 Å². The summed E-state index contributed by atoms with van der Waals surface area (Å²) >= 11 is 0. The van der Waals surface area contributed by atoms with Crippen molar-refractivity contribution in [3.63, 3.8) is 0 Å². The van der Waals surface area contributed by atoms with Gasteiger partial charge in [-0.15, -0.1) is 0 Å². The van der Waals surface area contributed by atoms with Crippen molar-refractivity contribution in [2.75, 3.05) is 39.6 Å². The van der Waals surface area contributed by atoms with Gasteiger partial charge in [-0.25, -0.2) is 9.13 Å². The third-order valence-corrected chi connectivity index (χ3v) is 17.2. The highest BCUT2D eigenvalue weighted by Gasteiger charge is 2.30. The maximum atomic E-state index is 13.0. The fraction of sp³-hybridized carbons (Fsp3) is 0.938. The summed E-state index contributed by atoms with van der Waals surface area (Å²) in [6.45, 7) is 13.9. The number of carbonyl (C=O) groups excluding carboxylic acids is 4. The van der Waals surface area contributed by atoms with Crippen LogP contribution in [-0.4, -0.2) is 96.7 Å². The summed E-state index contributed by atoms with van der Waals surface area (Å²) in [5.74, 6) is 0.746. The Balaban J connectivity index is 5.23. The summed E-state index contributed by atoms with van der Waals surface area (Å²) in [6, 6.07) is 0. The van der Waals surface area contributed by atoms with E-state index in [1.54, 1.807) is 0 Å². The number of rotatable bonds is 61. The second kappa shape index (κ2) is 54.2. The number of carbonyl (C=O) groups is 4. The lowest BCUT2D eigenvalue weighted by atomic mass is 10.00. The molecule has 3 N–H and O–H groups in total. The number of ether oxygens (including phenoxy) is 4. The minimum atomic E-state index is -4.94. The summed E-state index contributed by atoms with van der Waals surface area (Å²) in [5.41, 5.74) is 0. The van der Waals surface area contributed by atoms with E-state index in [4.69, 9.17) is 37.0 Å². The van der Waals surface area contributed by atoms with Gasteiger partial charge in [0, 0.05) is 25.7 Å². The molecule has 83 heavy (non-hydrogen) atoms. The third kappa shape index (κ3) is 56.3. The number of hydrogen-bond acceptors (Lipinski definition) is 15. The van der Waals surface area contributed by atoms with Gasteiger partial charge in [-0.05, 0) is 49.4 Å². The maximum Gasteiger partial charge on any atom is 0.472 e. The van der Waals surface area contributed by atoms with Crippen LogP contribution in [0.25, 0.3) is 0 Å². The lowest BCUT2D eigenvalue weighted by Gasteiger charge is -2.21. The molecule has 0 amide bonds. The number of aliphatic hydroxyl groups is 1. The molecular formula is C64H124O17P2. The molecule has 19 heteroatoms. The van der Waals surface area contributed by atoms with Gasteiger partial charge in [0.2, 0.25) is 0 Å². The van der Waals surface area contributed by atoms with E-state index in [1.807, 2.05) is 0 Å². The summed E-state index contributed by atoms with van der Waals surface area (Å²) < 4.78 is 67.9. The van der Waals surface area contributed by atoms with Crippen LogP contribution < -0.4 is 0 Å². The first-order chi connectivity index (χ1) is 39.7. The van der Waals surface area contributed by atoms with Crippen molar-refractivity contribution in [2.24, 2.45) is 23.7 Å². The second-order valence-electron chi connectivity index (χ2n) is 24.6. The molecule has 17 nitrogen and oxygen atoms in total. The zero-order valence-corrected chi connectivity index (χ0v) is 55.6. The molecule has 492 valence electrons. The van der Waals surface area contributed by atoms with Crippen molar-refractivity contribution in [3.8, 4) is 0 Å².